The maximum absolute atomic E-state index is 9.57. The molecule has 1 aromatic carbocycles. The van der Waals surface area contributed by atoms with Crippen molar-refractivity contribution in [3.8, 4) is 17.2 Å². The number of ether oxygens (including phenoxy) is 2. The first kappa shape index (κ1) is 8.90. The molecule has 1 aliphatic rings. The predicted molar refractivity (Wildman–Crippen MR) is 52.3 cm³/mol. The Hall–Kier alpha value is -1.68. The van der Waals surface area contributed by atoms with Crippen LogP contribution < -0.4 is 15.2 Å². The molecule has 3 N–H and O–H groups in total. The van der Waals surface area contributed by atoms with E-state index in [1.807, 2.05) is 0 Å². The predicted octanol–water partition coefficient (Wildman–Crippen LogP) is 1.09. The largest absolute Gasteiger partial charge is 0.507 e. The average Bonchev–Trinajstić information content (AvgIpc) is 2.64. The fraction of sp³-hybridized carbons (Fsp3) is 0.200. The Morgan fingerprint density at radius 2 is 2.29 bits per heavy atom. The van der Waals surface area contributed by atoms with Crippen LogP contribution in [0.5, 0.6) is 17.2 Å². The summed E-state index contributed by atoms with van der Waals surface area (Å²) in [5.74, 6) is 1.40. The number of phenols is 1. The summed E-state index contributed by atoms with van der Waals surface area (Å²) in [4.78, 5) is 0. The smallest absolute Gasteiger partial charge is 0.231 e. The summed E-state index contributed by atoms with van der Waals surface area (Å²) in [6, 6.07) is 3.25. The second kappa shape index (κ2) is 3.59. The Balaban J connectivity index is 2.46. The van der Waals surface area contributed by atoms with Crippen LogP contribution in [-0.2, 0) is 0 Å². The molecule has 0 saturated carbocycles. The van der Waals surface area contributed by atoms with Gasteiger partial charge in [0.05, 0.1) is 5.56 Å². The van der Waals surface area contributed by atoms with Gasteiger partial charge in [-0.3, -0.25) is 0 Å². The fourth-order valence-electron chi connectivity index (χ4n) is 1.33. The summed E-state index contributed by atoms with van der Waals surface area (Å²) in [5, 5.41) is 9.57. The molecule has 0 spiro atoms. The van der Waals surface area contributed by atoms with Crippen LogP contribution in [0.3, 0.4) is 0 Å². The minimum Gasteiger partial charge on any atom is -0.507 e. The lowest BCUT2D eigenvalue weighted by Crippen LogP contribution is -1.94. The Labute approximate surface area is 81.6 Å². The number of benzene rings is 1. The van der Waals surface area contributed by atoms with Crippen LogP contribution in [0.2, 0.25) is 0 Å². The van der Waals surface area contributed by atoms with Crippen molar-refractivity contribution in [1.29, 1.82) is 0 Å². The van der Waals surface area contributed by atoms with Crippen LogP contribution in [0.4, 0.5) is 0 Å². The van der Waals surface area contributed by atoms with Gasteiger partial charge in [-0.2, -0.15) is 0 Å². The van der Waals surface area contributed by atoms with Gasteiger partial charge < -0.3 is 20.3 Å². The molecule has 4 nitrogen and oxygen atoms in total. The third-order valence-electron chi connectivity index (χ3n) is 1.98. The highest BCUT2D eigenvalue weighted by Gasteiger charge is 2.18. The lowest BCUT2D eigenvalue weighted by atomic mass is 10.1. The van der Waals surface area contributed by atoms with Gasteiger partial charge in [0.1, 0.15) is 5.75 Å². The van der Waals surface area contributed by atoms with Crippen LogP contribution in [0, 0.1) is 0 Å². The van der Waals surface area contributed by atoms with Crippen molar-refractivity contribution in [1.82, 2.24) is 0 Å². The molecule has 1 heterocycles. The second-order valence-corrected chi connectivity index (χ2v) is 2.87. The number of hydrogen-bond acceptors (Lipinski definition) is 4. The molecule has 14 heavy (non-hydrogen) atoms. The van der Waals surface area contributed by atoms with Gasteiger partial charge in [-0.25, -0.2) is 0 Å². The molecule has 1 aliphatic heterocycles. The molecule has 0 bridgehead atoms. The van der Waals surface area contributed by atoms with E-state index in [4.69, 9.17) is 15.2 Å². The molecule has 74 valence electrons. The number of nitrogens with two attached hydrogens (primary N) is 1. The zero-order valence-electron chi connectivity index (χ0n) is 7.56. The van der Waals surface area contributed by atoms with Gasteiger partial charge in [0, 0.05) is 6.54 Å². The zero-order chi connectivity index (χ0) is 9.97. The van der Waals surface area contributed by atoms with Crippen LogP contribution in [-0.4, -0.2) is 18.4 Å². The average molecular weight is 193 g/mol. The highest BCUT2D eigenvalue weighted by molar-refractivity contribution is 5.68. The molecule has 0 unspecified atom stereocenters. The van der Waals surface area contributed by atoms with Crippen molar-refractivity contribution < 1.29 is 14.6 Å². The molecule has 1 aromatic rings. The SMILES string of the molecule is NC/C=C/c1c(O)ccc2c1OCO2. The summed E-state index contributed by atoms with van der Waals surface area (Å²) in [6.07, 6.45) is 3.47. The van der Waals surface area contributed by atoms with E-state index in [0.717, 1.165) is 0 Å². The van der Waals surface area contributed by atoms with Crippen molar-refractivity contribution >= 4 is 6.08 Å². The van der Waals surface area contributed by atoms with Crippen molar-refractivity contribution in [3.05, 3.63) is 23.8 Å². The number of aromatic hydroxyl groups is 1. The van der Waals surface area contributed by atoms with Gasteiger partial charge in [0.25, 0.3) is 0 Å². The van der Waals surface area contributed by atoms with Crippen molar-refractivity contribution in [2.45, 2.75) is 0 Å². The molecule has 0 amide bonds. The zero-order valence-corrected chi connectivity index (χ0v) is 7.56. The maximum atomic E-state index is 9.57. The molecule has 2 rings (SSSR count). The molecule has 0 radical (unpaired) electrons. The minimum atomic E-state index is 0.166. The Morgan fingerprint density at radius 3 is 3.07 bits per heavy atom. The standard InChI is InChI=1S/C10H11NO3/c11-5-1-2-7-8(12)3-4-9-10(7)14-6-13-9/h1-4,12H,5-6,11H2/b2-1+. The highest BCUT2D eigenvalue weighted by atomic mass is 16.7. The molecule has 0 atom stereocenters. The van der Waals surface area contributed by atoms with Crippen molar-refractivity contribution in [3.63, 3.8) is 0 Å². The minimum absolute atomic E-state index is 0.166. The summed E-state index contributed by atoms with van der Waals surface area (Å²) in [5.41, 5.74) is 5.95. The number of phenolic OH excluding ortho intramolecular Hbond substituents is 1. The van der Waals surface area contributed by atoms with E-state index < -0.39 is 0 Å². The Bertz CT molecular complexity index is 374. The first-order valence-corrected chi connectivity index (χ1v) is 4.31. The van der Waals surface area contributed by atoms with E-state index in [2.05, 4.69) is 0 Å². The summed E-state index contributed by atoms with van der Waals surface area (Å²) < 4.78 is 10.4. The summed E-state index contributed by atoms with van der Waals surface area (Å²) >= 11 is 0. The molecule has 0 fully saturated rings. The molecular weight excluding hydrogens is 182 g/mol. The van der Waals surface area contributed by atoms with Crippen molar-refractivity contribution in [2.75, 3.05) is 13.3 Å². The molecular formula is C10H11NO3. The van der Waals surface area contributed by atoms with E-state index in [1.165, 1.54) is 0 Å². The monoisotopic (exact) mass is 193 g/mol. The normalized spacial score (nSPS) is 13.8. The molecule has 4 heteroatoms. The molecule has 0 saturated heterocycles. The van der Waals surface area contributed by atoms with Gasteiger partial charge in [-0.1, -0.05) is 12.2 Å². The van der Waals surface area contributed by atoms with Crippen LogP contribution in [0.15, 0.2) is 18.2 Å². The Kier molecular flexibility index (Phi) is 2.28. The summed E-state index contributed by atoms with van der Waals surface area (Å²) in [6.45, 7) is 0.617. The highest BCUT2D eigenvalue weighted by Crippen LogP contribution is 2.40. The number of rotatable bonds is 2. The lowest BCUT2D eigenvalue weighted by Gasteiger charge is -2.03. The van der Waals surface area contributed by atoms with Gasteiger partial charge in [0.2, 0.25) is 6.79 Å². The van der Waals surface area contributed by atoms with E-state index in [0.29, 0.717) is 23.6 Å². The van der Waals surface area contributed by atoms with Crippen LogP contribution in [0.25, 0.3) is 6.08 Å². The van der Waals surface area contributed by atoms with Gasteiger partial charge in [-0.05, 0) is 12.1 Å². The van der Waals surface area contributed by atoms with Gasteiger partial charge >= 0.3 is 0 Å². The van der Waals surface area contributed by atoms with Gasteiger partial charge in [0.15, 0.2) is 11.5 Å². The fourth-order valence-corrected chi connectivity index (χ4v) is 1.33. The quantitative estimate of drug-likeness (QED) is 0.738. The van der Waals surface area contributed by atoms with E-state index in [9.17, 15) is 5.11 Å². The van der Waals surface area contributed by atoms with E-state index >= 15 is 0 Å². The maximum Gasteiger partial charge on any atom is 0.231 e. The third-order valence-corrected chi connectivity index (χ3v) is 1.98. The number of hydrogen-bond donors (Lipinski definition) is 2. The van der Waals surface area contributed by atoms with E-state index in [-0.39, 0.29) is 12.5 Å². The summed E-state index contributed by atoms with van der Waals surface area (Å²) in [7, 11) is 0. The Morgan fingerprint density at radius 1 is 1.43 bits per heavy atom. The van der Waals surface area contributed by atoms with Gasteiger partial charge in [-0.15, -0.1) is 0 Å². The van der Waals surface area contributed by atoms with E-state index in [1.54, 1.807) is 24.3 Å². The third kappa shape index (κ3) is 1.40. The van der Waals surface area contributed by atoms with Crippen LogP contribution >= 0.6 is 0 Å². The topological polar surface area (TPSA) is 64.7 Å². The second-order valence-electron chi connectivity index (χ2n) is 2.87. The molecule has 0 aliphatic carbocycles. The lowest BCUT2D eigenvalue weighted by molar-refractivity contribution is 0.173. The van der Waals surface area contributed by atoms with Crippen molar-refractivity contribution in [2.24, 2.45) is 5.73 Å². The molecule has 0 aromatic heterocycles. The first-order valence-electron chi connectivity index (χ1n) is 4.31. The number of fused-ring (bicyclic) bond motifs is 1. The first-order chi connectivity index (χ1) is 6.83. The van der Waals surface area contributed by atoms with Crippen LogP contribution in [0.1, 0.15) is 5.56 Å².